The van der Waals surface area contributed by atoms with E-state index in [1.165, 1.54) is 0 Å². The summed E-state index contributed by atoms with van der Waals surface area (Å²) in [6.07, 6.45) is 3.86. The van der Waals surface area contributed by atoms with Crippen molar-refractivity contribution in [3.63, 3.8) is 0 Å². The second-order valence-electron chi connectivity index (χ2n) is 8.34. The molecule has 0 radical (unpaired) electrons. The van der Waals surface area contributed by atoms with Gasteiger partial charge in [-0.15, -0.1) is 5.10 Å². The Bertz CT molecular complexity index is 1080. The summed E-state index contributed by atoms with van der Waals surface area (Å²) in [4.78, 5) is 15.6. The summed E-state index contributed by atoms with van der Waals surface area (Å²) < 4.78 is 8.38. The Kier molecular flexibility index (Phi) is 5.08. The zero-order valence-electron chi connectivity index (χ0n) is 17.5. The number of amides is 1. The summed E-state index contributed by atoms with van der Waals surface area (Å²) in [7, 11) is 0. The minimum absolute atomic E-state index is 0.0131. The largest absolute Gasteiger partial charge is 0.396 e. The Balaban J connectivity index is 1.40. The number of carbonyl (C=O) groups excluding carboxylic acids is 1. The number of rotatable bonds is 6. The molecule has 0 bridgehead atoms. The number of aliphatic hydroxyl groups excluding tert-OH is 1. The predicted octanol–water partition coefficient (Wildman–Crippen LogP) is 3.20. The van der Waals surface area contributed by atoms with E-state index in [0.29, 0.717) is 13.0 Å². The smallest absolute Gasteiger partial charge is 0.268 e. The zero-order valence-corrected chi connectivity index (χ0v) is 17.5. The number of anilines is 2. The van der Waals surface area contributed by atoms with Crippen molar-refractivity contribution in [3.05, 3.63) is 72.1 Å². The molecule has 7 heteroatoms. The van der Waals surface area contributed by atoms with Crippen LogP contribution in [0.1, 0.15) is 31.0 Å². The number of aliphatic hydroxyl groups is 1. The average molecular weight is 418 g/mol. The molecule has 31 heavy (non-hydrogen) atoms. The van der Waals surface area contributed by atoms with Crippen LogP contribution in [0.5, 0.6) is 0 Å². The van der Waals surface area contributed by atoms with Crippen LogP contribution >= 0.6 is 0 Å². The van der Waals surface area contributed by atoms with Crippen LogP contribution in [0.4, 0.5) is 11.4 Å². The Labute approximate surface area is 181 Å². The molecule has 3 heterocycles. The summed E-state index contributed by atoms with van der Waals surface area (Å²) in [5, 5.41) is 17.3. The number of hydrogen-bond donors (Lipinski definition) is 1. The lowest BCUT2D eigenvalue weighted by atomic mass is 9.83. The van der Waals surface area contributed by atoms with Gasteiger partial charge in [0.15, 0.2) is 5.60 Å². The van der Waals surface area contributed by atoms with Gasteiger partial charge in [0.1, 0.15) is 0 Å². The number of carbonyl (C=O) groups is 1. The van der Waals surface area contributed by atoms with E-state index in [0.717, 1.165) is 35.5 Å². The molecule has 1 spiro atoms. The highest BCUT2D eigenvalue weighted by Crippen LogP contribution is 2.55. The summed E-state index contributed by atoms with van der Waals surface area (Å²) in [5.74, 6) is 0.0430. The van der Waals surface area contributed by atoms with Gasteiger partial charge in [-0.05, 0) is 31.0 Å². The van der Waals surface area contributed by atoms with Gasteiger partial charge >= 0.3 is 0 Å². The molecular weight excluding hydrogens is 392 g/mol. The lowest BCUT2D eigenvalue weighted by Gasteiger charge is -2.28. The van der Waals surface area contributed by atoms with Gasteiger partial charge in [0.25, 0.3) is 5.91 Å². The molecule has 2 aliphatic heterocycles. The van der Waals surface area contributed by atoms with E-state index in [1.807, 2.05) is 60.8 Å². The van der Waals surface area contributed by atoms with Crippen LogP contribution in [0.15, 0.2) is 60.8 Å². The second-order valence-corrected chi connectivity index (χ2v) is 8.34. The van der Waals surface area contributed by atoms with E-state index in [2.05, 4.69) is 17.2 Å². The second kappa shape index (κ2) is 7.90. The van der Waals surface area contributed by atoms with Crippen LogP contribution in [0, 0.1) is 5.92 Å². The Morgan fingerprint density at radius 1 is 1.16 bits per heavy atom. The van der Waals surface area contributed by atoms with Crippen molar-refractivity contribution in [1.82, 2.24) is 15.0 Å². The van der Waals surface area contributed by atoms with Gasteiger partial charge in [-0.2, -0.15) is 0 Å². The van der Waals surface area contributed by atoms with Crippen molar-refractivity contribution in [1.29, 1.82) is 0 Å². The average Bonchev–Trinajstić information content (AvgIpc) is 3.44. The van der Waals surface area contributed by atoms with Gasteiger partial charge in [0, 0.05) is 42.9 Å². The molecule has 2 aliphatic rings. The van der Waals surface area contributed by atoms with Crippen molar-refractivity contribution in [3.8, 4) is 0 Å². The molecule has 160 valence electrons. The Morgan fingerprint density at radius 3 is 2.74 bits per heavy atom. The molecule has 1 amide bonds. The van der Waals surface area contributed by atoms with E-state index < -0.39 is 5.60 Å². The van der Waals surface area contributed by atoms with Gasteiger partial charge in [0.2, 0.25) is 0 Å². The van der Waals surface area contributed by atoms with E-state index in [4.69, 9.17) is 9.84 Å². The monoisotopic (exact) mass is 418 g/mol. The first-order chi connectivity index (χ1) is 15.1. The number of fused-ring (bicyclic) bond motifs is 2. The van der Waals surface area contributed by atoms with Gasteiger partial charge in [-0.25, -0.2) is 0 Å². The quantitative estimate of drug-likeness (QED) is 0.665. The van der Waals surface area contributed by atoms with Gasteiger partial charge < -0.3 is 9.84 Å². The van der Waals surface area contributed by atoms with Gasteiger partial charge in [0.05, 0.1) is 17.5 Å². The van der Waals surface area contributed by atoms with Gasteiger partial charge in [-0.3, -0.25) is 14.4 Å². The predicted molar refractivity (Wildman–Crippen MR) is 116 cm³/mol. The number of para-hydroxylation sites is 2. The van der Waals surface area contributed by atoms with E-state index in [-0.39, 0.29) is 24.5 Å². The number of hydrogen-bond acceptors (Lipinski definition) is 5. The summed E-state index contributed by atoms with van der Waals surface area (Å²) in [6, 6.07) is 17.7. The highest BCUT2D eigenvalue weighted by Gasteiger charge is 2.60. The third-order valence-electron chi connectivity index (χ3n) is 6.38. The molecule has 0 aliphatic carbocycles. The molecule has 3 atom stereocenters. The molecule has 7 nitrogen and oxygen atoms in total. The van der Waals surface area contributed by atoms with Crippen molar-refractivity contribution in [2.45, 2.75) is 44.4 Å². The molecule has 1 saturated heterocycles. The number of nitrogens with zero attached hydrogens (tertiary/aromatic N) is 4. The first-order valence-electron chi connectivity index (χ1n) is 10.8. The molecule has 0 saturated carbocycles. The van der Waals surface area contributed by atoms with Crippen LogP contribution in [0.3, 0.4) is 0 Å². The third kappa shape index (κ3) is 3.25. The van der Waals surface area contributed by atoms with Crippen LogP contribution < -0.4 is 4.90 Å². The molecule has 0 unspecified atom stereocenters. The Hall–Kier alpha value is -3.03. The number of aryl methyl sites for hydroxylation is 1. The Morgan fingerprint density at radius 2 is 1.94 bits per heavy atom. The van der Waals surface area contributed by atoms with Crippen LogP contribution in [-0.2, 0) is 28.1 Å². The highest BCUT2D eigenvalue weighted by molar-refractivity contribution is 6.12. The zero-order chi connectivity index (χ0) is 21.4. The van der Waals surface area contributed by atoms with Crippen LogP contribution in [0.25, 0.3) is 0 Å². The fourth-order valence-electron chi connectivity index (χ4n) is 4.91. The van der Waals surface area contributed by atoms with Crippen molar-refractivity contribution in [2.75, 3.05) is 11.5 Å². The highest BCUT2D eigenvalue weighted by atomic mass is 16.5. The minimum atomic E-state index is -0.957. The summed E-state index contributed by atoms with van der Waals surface area (Å²) in [6.45, 7) is 2.83. The first kappa shape index (κ1) is 19.9. The minimum Gasteiger partial charge on any atom is -0.396 e. The fourth-order valence-corrected chi connectivity index (χ4v) is 4.91. The number of benzene rings is 2. The summed E-state index contributed by atoms with van der Waals surface area (Å²) in [5.41, 5.74) is 2.52. The maximum absolute atomic E-state index is 13.8. The van der Waals surface area contributed by atoms with Gasteiger partial charge in [-0.1, -0.05) is 48.5 Å². The molecule has 2 aromatic carbocycles. The van der Waals surface area contributed by atoms with Crippen LogP contribution in [0.2, 0.25) is 0 Å². The molecule has 5 rings (SSSR count). The topological polar surface area (TPSA) is 80.5 Å². The SMILES string of the molecule is C[C@H]1C[C@@H](CCn2cc(CCO)nn2)O[C@]12C(=O)N(c1ccccc1)c1ccccc12. The maximum Gasteiger partial charge on any atom is 0.268 e. The maximum atomic E-state index is 13.8. The summed E-state index contributed by atoms with van der Waals surface area (Å²) >= 11 is 0. The lowest BCUT2D eigenvalue weighted by Crippen LogP contribution is -2.42. The number of aromatic nitrogens is 3. The lowest BCUT2D eigenvalue weighted by molar-refractivity contribution is -0.145. The van der Waals surface area contributed by atoms with Crippen LogP contribution in [-0.4, -0.2) is 38.7 Å². The van der Waals surface area contributed by atoms with Crippen molar-refractivity contribution < 1.29 is 14.6 Å². The molecule has 1 aromatic heterocycles. The third-order valence-corrected chi connectivity index (χ3v) is 6.38. The van der Waals surface area contributed by atoms with E-state index in [9.17, 15) is 4.79 Å². The molecule has 1 N–H and O–H groups in total. The van der Waals surface area contributed by atoms with E-state index in [1.54, 1.807) is 9.58 Å². The normalized spacial score (nSPS) is 24.8. The molecule has 1 fully saturated rings. The van der Waals surface area contributed by atoms with Crippen molar-refractivity contribution >= 4 is 17.3 Å². The molecule has 3 aromatic rings. The number of ether oxygens (including phenoxy) is 1. The molecular formula is C24H26N4O3. The fraction of sp³-hybridized carbons (Fsp3) is 0.375. The standard InChI is InChI=1S/C24H26N4O3/c1-17-15-20(11-13-27-16-18(12-14-29)25-26-27)31-24(17)21-9-5-6-10-22(21)28(23(24)30)19-7-3-2-4-8-19/h2-10,16-17,20,29H,11-15H2,1H3/t17-,20+,24+/m0/s1. The van der Waals surface area contributed by atoms with Crippen molar-refractivity contribution in [2.24, 2.45) is 5.92 Å². The first-order valence-corrected chi connectivity index (χ1v) is 10.8. The van der Waals surface area contributed by atoms with E-state index >= 15 is 0 Å².